The van der Waals surface area contributed by atoms with Gasteiger partial charge in [0.05, 0.1) is 9.79 Å². The molecule has 156 valence electrons. The predicted molar refractivity (Wildman–Crippen MR) is 114 cm³/mol. The summed E-state index contributed by atoms with van der Waals surface area (Å²) in [5, 5.41) is 7.73. The summed E-state index contributed by atoms with van der Waals surface area (Å²) in [6, 6.07) is 17.8. The highest BCUT2D eigenvalue weighted by atomic mass is 32.2. The number of hydrogen-bond donors (Lipinski definition) is 3. The van der Waals surface area contributed by atoms with Gasteiger partial charge in [-0.3, -0.25) is 9.52 Å². The molecule has 0 aliphatic rings. The summed E-state index contributed by atoms with van der Waals surface area (Å²) in [6.07, 6.45) is 0. The van der Waals surface area contributed by atoms with E-state index in [1.165, 1.54) is 48.5 Å². The van der Waals surface area contributed by atoms with Crippen molar-refractivity contribution >= 4 is 37.3 Å². The Bertz CT molecular complexity index is 1290. The average molecular weight is 446 g/mol. The molecule has 0 aromatic heterocycles. The first-order valence-corrected chi connectivity index (χ1v) is 11.7. The summed E-state index contributed by atoms with van der Waals surface area (Å²) in [5.74, 6) is -0.303. The van der Waals surface area contributed by atoms with Crippen molar-refractivity contribution in [2.75, 3.05) is 10.0 Å². The van der Waals surface area contributed by atoms with Gasteiger partial charge in [-0.05, 0) is 67.6 Å². The molecule has 8 nitrogen and oxygen atoms in total. The number of hydrogen-bond acceptors (Lipinski definition) is 5. The van der Waals surface area contributed by atoms with Gasteiger partial charge in [-0.1, -0.05) is 17.7 Å². The molecule has 0 bridgehead atoms. The van der Waals surface area contributed by atoms with E-state index in [4.69, 9.17) is 5.14 Å². The average Bonchev–Trinajstić information content (AvgIpc) is 2.68. The third kappa shape index (κ3) is 5.23. The highest BCUT2D eigenvalue weighted by Crippen LogP contribution is 2.20. The smallest absolute Gasteiger partial charge is 0.261 e. The van der Waals surface area contributed by atoms with Crippen LogP contribution < -0.4 is 15.2 Å². The third-order valence-electron chi connectivity index (χ3n) is 4.14. The molecule has 0 heterocycles. The number of aryl methyl sites for hydroxylation is 1. The summed E-state index contributed by atoms with van der Waals surface area (Å²) in [5.41, 5.74) is 2.07. The lowest BCUT2D eigenvalue weighted by atomic mass is 10.1. The Balaban J connectivity index is 1.72. The lowest BCUT2D eigenvalue weighted by Crippen LogP contribution is -2.15. The minimum absolute atomic E-state index is 0.0217. The summed E-state index contributed by atoms with van der Waals surface area (Å²) in [4.78, 5) is 12.1. The lowest BCUT2D eigenvalue weighted by Gasteiger charge is -2.10. The Morgan fingerprint density at radius 3 is 1.93 bits per heavy atom. The number of anilines is 2. The second-order valence-corrected chi connectivity index (χ2v) is 9.77. The fraction of sp³-hybridized carbons (Fsp3) is 0.0500. The van der Waals surface area contributed by atoms with Crippen LogP contribution in [0.5, 0.6) is 0 Å². The van der Waals surface area contributed by atoms with Crippen molar-refractivity contribution in [3.8, 4) is 0 Å². The molecule has 0 atom stereocenters. The number of nitrogens with two attached hydrogens (primary N) is 1. The van der Waals surface area contributed by atoms with Crippen LogP contribution >= 0.6 is 0 Å². The molecule has 0 unspecified atom stereocenters. The summed E-state index contributed by atoms with van der Waals surface area (Å²) < 4.78 is 50.0. The highest BCUT2D eigenvalue weighted by Gasteiger charge is 2.15. The van der Waals surface area contributed by atoms with Crippen LogP contribution in [-0.4, -0.2) is 22.7 Å². The van der Waals surface area contributed by atoms with Crippen LogP contribution in [0.1, 0.15) is 15.9 Å². The van der Waals surface area contributed by atoms with Crippen LogP contribution in [0.4, 0.5) is 11.4 Å². The molecule has 0 saturated heterocycles. The Morgan fingerprint density at radius 2 is 1.37 bits per heavy atom. The van der Waals surface area contributed by atoms with Gasteiger partial charge in [0.2, 0.25) is 10.0 Å². The van der Waals surface area contributed by atoms with Crippen molar-refractivity contribution in [3.05, 3.63) is 83.9 Å². The van der Waals surface area contributed by atoms with Crippen LogP contribution in [0, 0.1) is 6.92 Å². The van der Waals surface area contributed by atoms with E-state index < -0.39 is 20.0 Å². The molecule has 30 heavy (non-hydrogen) atoms. The predicted octanol–water partition coefficient (Wildman–Crippen LogP) is 2.70. The second kappa shape index (κ2) is 8.27. The van der Waals surface area contributed by atoms with Crippen LogP contribution in [0.25, 0.3) is 0 Å². The van der Waals surface area contributed by atoms with Crippen LogP contribution in [0.3, 0.4) is 0 Å². The Morgan fingerprint density at radius 1 is 0.800 bits per heavy atom. The number of nitrogens with one attached hydrogen (secondary N) is 2. The van der Waals surface area contributed by atoms with Crippen LogP contribution in [0.15, 0.2) is 82.6 Å². The zero-order valence-electron chi connectivity index (χ0n) is 15.9. The monoisotopic (exact) mass is 445 g/mol. The van der Waals surface area contributed by atoms with E-state index in [2.05, 4.69) is 10.0 Å². The zero-order valence-corrected chi connectivity index (χ0v) is 17.5. The number of amides is 1. The van der Waals surface area contributed by atoms with E-state index in [1.54, 1.807) is 18.2 Å². The fourth-order valence-electron chi connectivity index (χ4n) is 2.63. The highest BCUT2D eigenvalue weighted by molar-refractivity contribution is 7.92. The normalized spacial score (nSPS) is 11.7. The van der Waals surface area contributed by atoms with Crippen molar-refractivity contribution in [1.29, 1.82) is 0 Å². The van der Waals surface area contributed by atoms with Crippen LogP contribution in [0.2, 0.25) is 0 Å². The largest absolute Gasteiger partial charge is 0.322 e. The fourth-order valence-corrected chi connectivity index (χ4v) is 4.21. The Kier molecular flexibility index (Phi) is 5.92. The molecule has 3 aromatic rings. The number of rotatable bonds is 6. The molecule has 4 N–H and O–H groups in total. The Labute approximate surface area is 174 Å². The molecule has 3 aromatic carbocycles. The van der Waals surface area contributed by atoms with Gasteiger partial charge in [-0.2, -0.15) is 0 Å². The maximum Gasteiger partial charge on any atom is 0.261 e. The molecule has 3 rings (SSSR count). The van der Waals surface area contributed by atoms with Gasteiger partial charge in [-0.25, -0.2) is 22.0 Å². The molecule has 0 aliphatic carbocycles. The molecule has 0 saturated carbocycles. The third-order valence-corrected chi connectivity index (χ3v) is 6.46. The Hall–Kier alpha value is -3.21. The van der Waals surface area contributed by atoms with E-state index in [0.29, 0.717) is 11.3 Å². The van der Waals surface area contributed by atoms with Crippen molar-refractivity contribution < 1.29 is 21.6 Å². The quantitative estimate of drug-likeness (QED) is 0.536. The number of sulfonamides is 2. The SMILES string of the molecule is Cc1cccc(C(=O)Nc2ccc(S(=O)(=O)Nc3ccc(S(N)(=O)=O)cc3)cc2)c1. The summed E-state index contributed by atoms with van der Waals surface area (Å²) in [7, 11) is -7.77. The molecular formula is C20H19N3O5S2. The zero-order chi connectivity index (χ0) is 21.9. The standard InChI is InChI=1S/C20H19N3O5S2/c1-14-3-2-4-15(13-14)20(24)22-16-5-11-19(12-6-16)30(27,28)23-17-7-9-18(10-8-17)29(21,25)26/h2-13,23H,1H3,(H,22,24)(H2,21,25,26). The van der Waals surface area contributed by atoms with Crippen LogP contribution in [-0.2, 0) is 20.0 Å². The van der Waals surface area contributed by atoms with Crippen molar-refractivity contribution in [3.63, 3.8) is 0 Å². The van der Waals surface area contributed by atoms with Gasteiger partial charge in [0.25, 0.3) is 15.9 Å². The lowest BCUT2D eigenvalue weighted by molar-refractivity contribution is 0.102. The van der Waals surface area contributed by atoms with E-state index in [1.807, 2.05) is 13.0 Å². The van der Waals surface area contributed by atoms with E-state index >= 15 is 0 Å². The number of carbonyl (C=O) groups excluding carboxylic acids is 1. The molecule has 0 fully saturated rings. The molecule has 0 aliphatic heterocycles. The number of primary sulfonamides is 1. The molecule has 0 spiro atoms. The maximum atomic E-state index is 12.5. The van der Waals surface area contributed by atoms with Gasteiger partial charge >= 0.3 is 0 Å². The molecule has 0 radical (unpaired) electrons. The van der Waals surface area contributed by atoms with Gasteiger partial charge in [0.15, 0.2) is 0 Å². The van der Waals surface area contributed by atoms with Crippen molar-refractivity contribution in [2.45, 2.75) is 16.7 Å². The number of carbonyl (C=O) groups is 1. The summed E-state index contributed by atoms with van der Waals surface area (Å²) in [6.45, 7) is 1.88. The van der Waals surface area contributed by atoms with Gasteiger partial charge in [-0.15, -0.1) is 0 Å². The summed E-state index contributed by atoms with van der Waals surface area (Å²) >= 11 is 0. The van der Waals surface area contributed by atoms with Crippen molar-refractivity contribution in [1.82, 2.24) is 0 Å². The molecular weight excluding hydrogens is 426 g/mol. The first-order valence-electron chi connectivity index (χ1n) is 8.68. The van der Waals surface area contributed by atoms with Gasteiger partial charge in [0, 0.05) is 16.9 Å². The first-order chi connectivity index (χ1) is 14.0. The van der Waals surface area contributed by atoms with Gasteiger partial charge < -0.3 is 5.32 Å². The van der Waals surface area contributed by atoms with Gasteiger partial charge in [0.1, 0.15) is 0 Å². The van der Waals surface area contributed by atoms with Crippen molar-refractivity contribution in [2.24, 2.45) is 5.14 Å². The van der Waals surface area contributed by atoms with E-state index in [9.17, 15) is 21.6 Å². The second-order valence-electron chi connectivity index (χ2n) is 6.52. The number of benzene rings is 3. The molecule has 10 heteroatoms. The first kappa shape index (κ1) is 21.5. The van der Waals surface area contributed by atoms with E-state index in [0.717, 1.165) is 5.56 Å². The van der Waals surface area contributed by atoms with E-state index in [-0.39, 0.29) is 21.4 Å². The topological polar surface area (TPSA) is 135 Å². The minimum atomic E-state index is -3.91. The molecule has 1 amide bonds. The minimum Gasteiger partial charge on any atom is -0.322 e. The maximum absolute atomic E-state index is 12.5.